The van der Waals surface area contributed by atoms with Crippen LogP contribution in [-0.2, 0) is 4.79 Å². The largest absolute Gasteiger partial charge is 0.506 e. The van der Waals surface area contributed by atoms with Gasteiger partial charge in [0.15, 0.2) is 0 Å². The quantitative estimate of drug-likeness (QED) is 0.780. The summed E-state index contributed by atoms with van der Waals surface area (Å²) in [5, 5.41) is 20.6. The number of carbonyl (C=O) groups excluding carboxylic acids is 1. The predicted molar refractivity (Wildman–Crippen MR) is 66.8 cm³/mol. The summed E-state index contributed by atoms with van der Waals surface area (Å²) in [5.74, 6) is -2.01. The molecule has 0 aliphatic rings. The summed E-state index contributed by atoms with van der Waals surface area (Å²) in [6, 6.07) is 2.97. The van der Waals surface area contributed by atoms with E-state index in [4.69, 9.17) is 16.7 Å². The molecular formula is C12H14ClNO4. The molecule has 0 aliphatic carbocycles. The van der Waals surface area contributed by atoms with Gasteiger partial charge >= 0.3 is 5.97 Å². The molecule has 0 spiro atoms. The molecule has 0 bridgehead atoms. The SMILES string of the molecule is CC(C)[C@H](NC(=O)c1ccc(O)c(Cl)c1)C(=O)O. The molecule has 0 fully saturated rings. The topological polar surface area (TPSA) is 86.6 Å². The number of aromatic hydroxyl groups is 1. The molecule has 6 heteroatoms. The molecule has 0 aromatic heterocycles. The fourth-order valence-corrected chi connectivity index (χ4v) is 1.57. The molecular weight excluding hydrogens is 258 g/mol. The lowest BCUT2D eigenvalue weighted by Crippen LogP contribution is -2.44. The molecule has 0 radical (unpaired) electrons. The molecule has 1 aromatic rings. The van der Waals surface area contributed by atoms with Crippen molar-refractivity contribution in [2.45, 2.75) is 19.9 Å². The van der Waals surface area contributed by atoms with Crippen molar-refractivity contribution in [1.29, 1.82) is 0 Å². The predicted octanol–water partition coefficient (Wildman–Crippen LogP) is 1.88. The van der Waals surface area contributed by atoms with Crippen molar-refractivity contribution in [2.24, 2.45) is 5.92 Å². The highest BCUT2D eigenvalue weighted by Gasteiger charge is 2.24. The Morgan fingerprint density at radius 3 is 2.39 bits per heavy atom. The average molecular weight is 272 g/mol. The van der Waals surface area contributed by atoms with E-state index in [9.17, 15) is 14.7 Å². The summed E-state index contributed by atoms with van der Waals surface area (Å²) in [6.07, 6.45) is 0. The van der Waals surface area contributed by atoms with Gasteiger partial charge in [-0.1, -0.05) is 25.4 Å². The van der Waals surface area contributed by atoms with Crippen molar-refractivity contribution in [1.82, 2.24) is 5.32 Å². The van der Waals surface area contributed by atoms with E-state index in [-0.39, 0.29) is 22.3 Å². The van der Waals surface area contributed by atoms with Gasteiger partial charge in [0, 0.05) is 5.56 Å². The Morgan fingerprint density at radius 1 is 1.33 bits per heavy atom. The van der Waals surface area contributed by atoms with E-state index in [1.807, 2.05) is 0 Å². The Morgan fingerprint density at radius 2 is 1.94 bits per heavy atom. The molecule has 0 saturated carbocycles. The number of carboxylic acid groups (broad SMARTS) is 1. The average Bonchev–Trinajstić information content (AvgIpc) is 2.28. The van der Waals surface area contributed by atoms with Crippen LogP contribution in [0.4, 0.5) is 0 Å². The summed E-state index contributed by atoms with van der Waals surface area (Å²) >= 11 is 5.67. The summed E-state index contributed by atoms with van der Waals surface area (Å²) in [4.78, 5) is 22.8. The van der Waals surface area contributed by atoms with Crippen LogP contribution >= 0.6 is 11.6 Å². The van der Waals surface area contributed by atoms with Crippen LogP contribution in [0.1, 0.15) is 24.2 Å². The molecule has 5 nitrogen and oxygen atoms in total. The van der Waals surface area contributed by atoms with Gasteiger partial charge in [-0.3, -0.25) is 4.79 Å². The van der Waals surface area contributed by atoms with Gasteiger partial charge in [0.25, 0.3) is 5.91 Å². The first kappa shape index (κ1) is 14.3. The van der Waals surface area contributed by atoms with Crippen molar-refractivity contribution in [2.75, 3.05) is 0 Å². The van der Waals surface area contributed by atoms with Gasteiger partial charge in [-0.05, 0) is 24.1 Å². The molecule has 1 atom stereocenters. The molecule has 0 saturated heterocycles. The van der Waals surface area contributed by atoms with E-state index in [1.165, 1.54) is 18.2 Å². The molecule has 0 unspecified atom stereocenters. The van der Waals surface area contributed by atoms with Crippen LogP contribution in [0.3, 0.4) is 0 Å². The first-order valence-corrected chi connectivity index (χ1v) is 5.73. The Labute approximate surface area is 109 Å². The van der Waals surface area contributed by atoms with Gasteiger partial charge in [0.2, 0.25) is 0 Å². The van der Waals surface area contributed by atoms with E-state index >= 15 is 0 Å². The third kappa shape index (κ3) is 3.37. The second-order valence-electron chi connectivity index (χ2n) is 4.20. The zero-order valence-electron chi connectivity index (χ0n) is 9.98. The fourth-order valence-electron chi connectivity index (χ4n) is 1.39. The van der Waals surface area contributed by atoms with Gasteiger partial charge in [-0.25, -0.2) is 4.79 Å². The molecule has 1 aromatic carbocycles. The maximum Gasteiger partial charge on any atom is 0.326 e. The van der Waals surface area contributed by atoms with E-state index in [2.05, 4.69) is 5.32 Å². The minimum Gasteiger partial charge on any atom is -0.506 e. The van der Waals surface area contributed by atoms with Gasteiger partial charge in [0.05, 0.1) is 5.02 Å². The molecule has 98 valence electrons. The second-order valence-corrected chi connectivity index (χ2v) is 4.61. The summed E-state index contributed by atoms with van der Waals surface area (Å²) in [7, 11) is 0. The molecule has 3 N–H and O–H groups in total. The minimum atomic E-state index is -1.09. The number of carbonyl (C=O) groups is 2. The number of amides is 1. The van der Waals surface area contributed by atoms with E-state index < -0.39 is 17.9 Å². The van der Waals surface area contributed by atoms with Crippen molar-refractivity contribution < 1.29 is 19.8 Å². The summed E-state index contributed by atoms with van der Waals surface area (Å²) < 4.78 is 0. The van der Waals surface area contributed by atoms with Crippen molar-refractivity contribution in [3.8, 4) is 5.75 Å². The maximum absolute atomic E-state index is 11.8. The molecule has 0 aliphatic heterocycles. The number of benzene rings is 1. The molecule has 0 heterocycles. The van der Waals surface area contributed by atoms with Crippen LogP contribution < -0.4 is 5.32 Å². The number of rotatable bonds is 4. The van der Waals surface area contributed by atoms with Gasteiger partial charge in [-0.15, -0.1) is 0 Å². The Balaban J connectivity index is 2.87. The lowest BCUT2D eigenvalue weighted by atomic mass is 10.0. The van der Waals surface area contributed by atoms with Crippen LogP contribution in [0.5, 0.6) is 5.75 Å². The van der Waals surface area contributed by atoms with Crippen LogP contribution in [0, 0.1) is 5.92 Å². The molecule has 1 amide bonds. The number of nitrogens with one attached hydrogen (secondary N) is 1. The third-order valence-electron chi connectivity index (χ3n) is 2.43. The normalized spacial score (nSPS) is 12.2. The fraction of sp³-hybridized carbons (Fsp3) is 0.333. The first-order chi connectivity index (χ1) is 8.32. The lowest BCUT2D eigenvalue weighted by molar-refractivity contribution is -0.140. The van der Waals surface area contributed by atoms with Crippen LogP contribution in [0.25, 0.3) is 0 Å². The maximum atomic E-state index is 11.8. The highest BCUT2D eigenvalue weighted by Crippen LogP contribution is 2.23. The van der Waals surface area contributed by atoms with E-state index in [0.717, 1.165) is 0 Å². The second kappa shape index (κ2) is 5.73. The Hall–Kier alpha value is -1.75. The number of hydrogen-bond donors (Lipinski definition) is 3. The number of aliphatic carboxylic acids is 1. The summed E-state index contributed by atoms with van der Waals surface area (Å²) in [6.45, 7) is 3.39. The number of hydrogen-bond acceptors (Lipinski definition) is 3. The van der Waals surface area contributed by atoms with Crippen molar-refractivity contribution in [3.63, 3.8) is 0 Å². The number of phenolic OH excluding ortho intramolecular Hbond substituents is 1. The Kier molecular flexibility index (Phi) is 4.55. The Bertz CT molecular complexity index is 473. The monoisotopic (exact) mass is 271 g/mol. The van der Waals surface area contributed by atoms with Gasteiger partial charge < -0.3 is 15.5 Å². The minimum absolute atomic E-state index is 0.0408. The van der Waals surface area contributed by atoms with E-state index in [0.29, 0.717) is 0 Å². The number of carboxylic acids is 1. The zero-order valence-corrected chi connectivity index (χ0v) is 10.7. The first-order valence-electron chi connectivity index (χ1n) is 5.35. The van der Waals surface area contributed by atoms with Gasteiger partial charge in [0.1, 0.15) is 11.8 Å². The highest BCUT2D eigenvalue weighted by molar-refractivity contribution is 6.32. The van der Waals surface area contributed by atoms with E-state index in [1.54, 1.807) is 13.8 Å². The summed E-state index contributed by atoms with van der Waals surface area (Å²) in [5.41, 5.74) is 0.199. The lowest BCUT2D eigenvalue weighted by Gasteiger charge is -2.17. The third-order valence-corrected chi connectivity index (χ3v) is 2.73. The zero-order chi connectivity index (χ0) is 13.9. The van der Waals surface area contributed by atoms with Crippen molar-refractivity contribution >= 4 is 23.5 Å². The number of halogens is 1. The number of phenols is 1. The van der Waals surface area contributed by atoms with Crippen molar-refractivity contribution in [3.05, 3.63) is 28.8 Å². The van der Waals surface area contributed by atoms with Crippen LogP contribution in [0.15, 0.2) is 18.2 Å². The molecule has 1 rings (SSSR count). The smallest absolute Gasteiger partial charge is 0.326 e. The van der Waals surface area contributed by atoms with Crippen LogP contribution in [0.2, 0.25) is 5.02 Å². The highest BCUT2D eigenvalue weighted by atomic mass is 35.5. The van der Waals surface area contributed by atoms with Gasteiger partial charge in [-0.2, -0.15) is 0 Å². The molecule has 18 heavy (non-hydrogen) atoms. The van der Waals surface area contributed by atoms with Crippen LogP contribution in [-0.4, -0.2) is 28.1 Å². The standard InChI is InChI=1S/C12H14ClNO4/c1-6(2)10(12(17)18)14-11(16)7-3-4-9(15)8(13)5-7/h3-6,10,15H,1-2H3,(H,14,16)(H,17,18)/t10-/m0/s1.